The Morgan fingerprint density at radius 3 is 2.44 bits per heavy atom. The number of hydrogen-bond acceptors (Lipinski definition) is 2. The van der Waals surface area contributed by atoms with Crippen molar-refractivity contribution >= 4 is 11.6 Å². The van der Waals surface area contributed by atoms with E-state index in [0.717, 1.165) is 5.70 Å². The zero-order valence-electron chi connectivity index (χ0n) is 5.61. The Hall–Kier alpha value is -0.630. The van der Waals surface area contributed by atoms with Crippen molar-refractivity contribution in [2.24, 2.45) is 5.73 Å². The maximum absolute atomic E-state index is 5.35. The normalized spacial score (nSPS) is 13.7. The molecule has 52 valence electrons. The van der Waals surface area contributed by atoms with Gasteiger partial charge in [-0.15, -0.1) is 0 Å². The topological polar surface area (TPSA) is 38.0 Å². The van der Waals surface area contributed by atoms with Crippen LogP contribution in [0.4, 0.5) is 0 Å². The first-order valence-corrected chi connectivity index (χ1v) is 3.02. The minimum absolute atomic E-state index is 0.296. The van der Waals surface area contributed by atoms with Crippen molar-refractivity contribution < 1.29 is 0 Å². The Morgan fingerprint density at radius 2 is 2.11 bits per heavy atom. The van der Waals surface area contributed by atoms with Crippen LogP contribution in [0.25, 0.3) is 0 Å². The van der Waals surface area contributed by atoms with Gasteiger partial charge in [-0.2, -0.15) is 0 Å². The first-order chi connectivity index (χ1) is 4.16. The van der Waals surface area contributed by atoms with E-state index in [9.17, 15) is 0 Å². The highest BCUT2D eigenvalue weighted by Gasteiger charge is 1.78. The first-order valence-electron chi connectivity index (χ1n) is 2.64. The molecule has 0 spiro atoms. The van der Waals surface area contributed by atoms with Gasteiger partial charge in [0.1, 0.15) is 0 Å². The van der Waals surface area contributed by atoms with Gasteiger partial charge in [0.2, 0.25) is 0 Å². The summed E-state index contributed by atoms with van der Waals surface area (Å²) in [5.41, 5.74) is 6.18. The van der Waals surface area contributed by atoms with Crippen molar-refractivity contribution in [3.63, 3.8) is 0 Å². The summed E-state index contributed by atoms with van der Waals surface area (Å²) in [7, 11) is 1.84. The molecule has 0 saturated heterocycles. The van der Waals surface area contributed by atoms with Crippen LogP contribution in [-0.4, -0.2) is 7.05 Å². The van der Waals surface area contributed by atoms with E-state index < -0.39 is 0 Å². The van der Waals surface area contributed by atoms with Crippen LogP contribution in [0.2, 0.25) is 0 Å². The summed E-state index contributed by atoms with van der Waals surface area (Å²) in [6.07, 6.45) is 3.44. The van der Waals surface area contributed by atoms with Gasteiger partial charge in [-0.1, -0.05) is 11.6 Å². The highest BCUT2D eigenvalue weighted by Crippen LogP contribution is 1.92. The molecule has 0 aliphatic carbocycles. The van der Waals surface area contributed by atoms with Crippen molar-refractivity contribution in [2.75, 3.05) is 7.05 Å². The molecule has 0 radical (unpaired) electrons. The summed E-state index contributed by atoms with van der Waals surface area (Å²) in [6, 6.07) is 0. The van der Waals surface area contributed by atoms with Gasteiger partial charge in [-0.3, -0.25) is 0 Å². The molecule has 2 nitrogen and oxygen atoms in total. The second-order valence-corrected chi connectivity index (χ2v) is 2.09. The van der Waals surface area contributed by atoms with Gasteiger partial charge >= 0.3 is 0 Å². The number of nitrogens with two attached hydrogens (primary N) is 1. The summed E-state index contributed by atoms with van der Waals surface area (Å²) in [5.74, 6) is 0. The molecule has 0 aromatic carbocycles. The Kier molecular flexibility index (Phi) is 3.97. The lowest BCUT2D eigenvalue weighted by atomic mass is 10.4. The van der Waals surface area contributed by atoms with Gasteiger partial charge in [0.05, 0.1) is 5.16 Å². The van der Waals surface area contributed by atoms with E-state index in [0.29, 0.717) is 5.16 Å². The molecule has 0 aromatic rings. The van der Waals surface area contributed by atoms with Gasteiger partial charge in [-0.05, 0) is 19.1 Å². The number of hydrogen-bond donors (Lipinski definition) is 2. The zero-order chi connectivity index (χ0) is 7.28. The Morgan fingerprint density at radius 1 is 1.56 bits per heavy atom. The lowest BCUT2D eigenvalue weighted by Crippen LogP contribution is -2.00. The molecule has 0 unspecified atom stereocenters. The second kappa shape index (κ2) is 4.27. The highest BCUT2D eigenvalue weighted by molar-refractivity contribution is 6.29. The van der Waals surface area contributed by atoms with Crippen molar-refractivity contribution in [1.29, 1.82) is 0 Å². The van der Waals surface area contributed by atoms with Crippen LogP contribution in [0, 0.1) is 0 Å². The SMILES string of the molecule is CN/C(C)=C\C=C(/N)Cl. The van der Waals surface area contributed by atoms with E-state index >= 15 is 0 Å². The summed E-state index contributed by atoms with van der Waals surface area (Å²) in [6.45, 7) is 1.93. The van der Waals surface area contributed by atoms with Gasteiger partial charge in [0.15, 0.2) is 0 Å². The zero-order valence-corrected chi connectivity index (χ0v) is 6.37. The molecule has 0 amide bonds. The Labute approximate surface area is 60.4 Å². The van der Waals surface area contributed by atoms with E-state index in [1.165, 1.54) is 0 Å². The third kappa shape index (κ3) is 5.24. The second-order valence-electron chi connectivity index (χ2n) is 1.65. The molecule has 0 heterocycles. The molecule has 0 bridgehead atoms. The van der Waals surface area contributed by atoms with E-state index in [2.05, 4.69) is 5.32 Å². The largest absolute Gasteiger partial charge is 0.392 e. The summed E-state index contributed by atoms with van der Waals surface area (Å²) in [4.78, 5) is 0. The number of allylic oxidation sites excluding steroid dienone is 3. The van der Waals surface area contributed by atoms with Crippen LogP contribution < -0.4 is 11.1 Å². The molecule has 0 rings (SSSR count). The fourth-order valence-electron chi connectivity index (χ4n) is 0.288. The van der Waals surface area contributed by atoms with Crippen LogP contribution in [0.1, 0.15) is 6.92 Å². The predicted molar refractivity (Wildman–Crippen MR) is 40.9 cm³/mol. The van der Waals surface area contributed by atoms with Crippen LogP contribution in [-0.2, 0) is 0 Å². The fourth-order valence-corrected chi connectivity index (χ4v) is 0.351. The third-order valence-corrected chi connectivity index (χ3v) is 1.01. The van der Waals surface area contributed by atoms with E-state index in [-0.39, 0.29) is 0 Å². The Balaban J connectivity index is 3.83. The Bertz CT molecular complexity index is 134. The maximum Gasteiger partial charge on any atom is 0.0992 e. The maximum atomic E-state index is 5.35. The molecular weight excluding hydrogens is 136 g/mol. The van der Waals surface area contributed by atoms with E-state index in [1.54, 1.807) is 6.08 Å². The third-order valence-electron chi connectivity index (χ3n) is 0.887. The van der Waals surface area contributed by atoms with E-state index in [1.807, 2.05) is 20.0 Å². The minimum atomic E-state index is 0.296. The first kappa shape index (κ1) is 8.37. The lowest BCUT2D eigenvalue weighted by molar-refractivity contribution is 0.990. The van der Waals surface area contributed by atoms with Crippen molar-refractivity contribution in [2.45, 2.75) is 6.92 Å². The van der Waals surface area contributed by atoms with E-state index in [4.69, 9.17) is 17.3 Å². The summed E-state index contributed by atoms with van der Waals surface area (Å²) in [5, 5.41) is 3.22. The molecule has 0 aliphatic rings. The van der Waals surface area contributed by atoms with Gasteiger partial charge < -0.3 is 11.1 Å². The monoisotopic (exact) mass is 146 g/mol. The average Bonchev–Trinajstić information content (AvgIpc) is 1.83. The molecule has 0 atom stereocenters. The molecule has 9 heavy (non-hydrogen) atoms. The van der Waals surface area contributed by atoms with Crippen molar-refractivity contribution in [3.05, 3.63) is 23.0 Å². The molecule has 0 aromatic heterocycles. The fraction of sp³-hybridized carbons (Fsp3) is 0.333. The van der Waals surface area contributed by atoms with Crippen molar-refractivity contribution in [1.82, 2.24) is 5.32 Å². The standard InChI is InChI=1S/C6H11ClN2/c1-5(9-2)3-4-6(7)8/h3-4,9H,8H2,1-2H3/b5-3-,6-4-. The van der Waals surface area contributed by atoms with Gasteiger partial charge in [-0.25, -0.2) is 0 Å². The highest BCUT2D eigenvalue weighted by atomic mass is 35.5. The predicted octanol–water partition coefficient (Wildman–Crippen LogP) is 1.15. The van der Waals surface area contributed by atoms with Crippen molar-refractivity contribution in [3.8, 4) is 0 Å². The molecule has 3 heteroatoms. The smallest absolute Gasteiger partial charge is 0.0992 e. The molecule has 0 aliphatic heterocycles. The average molecular weight is 147 g/mol. The molecular formula is C6H11ClN2. The quantitative estimate of drug-likeness (QED) is 0.453. The van der Waals surface area contributed by atoms with Crippen LogP contribution in [0.15, 0.2) is 23.0 Å². The molecule has 0 saturated carbocycles. The summed E-state index contributed by atoms with van der Waals surface area (Å²) >= 11 is 5.35. The molecule has 0 fully saturated rings. The van der Waals surface area contributed by atoms with Crippen LogP contribution in [0.3, 0.4) is 0 Å². The van der Waals surface area contributed by atoms with Gasteiger partial charge in [0, 0.05) is 12.7 Å². The molecule has 3 N–H and O–H groups in total. The number of rotatable bonds is 2. The minimum Gasteiger partial charge on any atom is -0.392 e. The number of nitrogens with one attached hydrogen (secondary N) is 1. The lowest BCUT2D eigenvalue weighted by Gasteiger charge is -1.93. The number of halogens is 1. The van der Waals surface area contributed by atoms with Crippen LogP contribution >= 0.6 is 11.6 Å². The van der Waals surface area contributed by atoms with Gasteiger partial charge in [0.25, 0.3) is 0 Å². The van der Waals surface area contributed by atoms with Crippen LogP contribution in [0.5, 0.6) is 0 Å². The summed E-state index contributed by atoms with van der Waals surface area (Å²) < 4.78 is 0.